The number of anilines is 1. The van der Waals surface area contributed by atoms with Crippen LogP contribution in [0.3, 0.4) is 0 Å². The van der Waals surface area contributed by atoms with Gasteiger partial charge in [-0.1, -0.05) is 39.0 Å². The van der Waals surface area contributed by atoms with Gasteiger partial charge in [0.1, 0.15) is 6.04 Å². The molecule has 11 heteroatoms. The van der Waals surface area contributed by atoms with E-state index in [0.29, 0.717) is 18.7 Å². The second-order valence-corrected chi connectivity index (χ2v) is 12.4. The summed E-state index contributed by atoms with van der Waals surface area (Å²) in [5, 5.41) is 8.60. The van der Waals surface area contributed by atoms with Crippen molar-refractivity contribution in [2.75, 3.05) is 31.7 Å². The normalized spacial score (nSPS) is 24.5. The molecule has 35 heavy (non-hydrogen) atoms. The number of nitrogens with one attached hydrogen (secondary N) is 3. The Balaban J connectivity index is 1.92. The summed E-state index contributed by atoms with van der Waals surface area (Å²) in [5.74, 6) is -1.69. The molecule has 0 radical (unpaired) electrons. The van der Waals surface area contributed by atoms with E-state index in [4.69, 9.17) is 0 Å². The van der Waals surface area contributed by atoms with Crippen molar-refractivity contribution >= 4 is 33.4 Å². The molecule has 0 aromatic heterocycles. The first kappa shape index (κ1) is 27.1. The highest BCUT2D eigenvalue weighted by Gasteiger charge is 2.56. The van der Waals surface area contributed by atoms with E-state index in [0.717, 1.165) is 6.26 Å². The Morgan fingerprint density at radius 2 is 1.74 bits per heavy atom. The molecule has 3 amide bonds. The van der Waals surface area contributed by atoms with Gasteiger partial charge in [-0.05, 0) is 37.9 Å². The minimum atomic E-state index is -3.59. The third kappa shape index (κ3) is 5.84. The maximum absolute atomic E-state index is 13.9. The van der Waals surface area contributed by atoms with E-state index in [1.165, 1.54) is 4.31 Å². The van der Waals surface area contributed by atoms with Gasteiger partial charge < -0.3 is 20.9 Å². The van der Waals surface area contributed by atoms with Crippen molar-refractivity contribution in [3.63, 3.8) is 0 Å². The van der Waals surface area contributed by atoms with E-state index in [2.05, 4.69) is 16.0 Å². The molecule has 2 heterocycles. The minimum absolute atomic E-state index is 0.0000536. The van der Waals surface area contributed by atoms with E-state index in [1.807, 2.05) is 26.8 Å². The fourth-order valence-electron chi connectivity index (χ4n) is 4.88. The van der Waals surface area contributed by atoms with Crippen LogP contribution in [0.1, 0.15) is 34.1 Å². The lowest BCUT2D eigenvalue weighted by Gasteiger charge is -2.37. The summed E-state index contributed by atoms with van der Waals surface area (Å²) in [6.45, 7) is 7.61. The van der Waals surface area contributed by atoms with E-state index in [-0.39, 0.29) is 24.3 Å². The van der Waals surface area contributed by atoms with Crippen LogP contribution < -0.4 is 16.0 Å². The first-order valence-corrected chi connectivity index (χ1v) is 13.7. The number of fused-ring (bicyclic) bond motifs is 1. The lowest BCUT2D eigenvalue weighted by atomic mass is 9.85. The predicted octanol–water partition coefficient (Wildman–Crippen LogP) is 0.625. The van der Waals surface area contributed by atoms with Gasteiger partial charge in [-0.3, -0.25) is 14.4 Å². The maximum atomic E-state index is 13.9. The molecule has 5 atom stereocenters. The number of nitrogens with zero attached hydrogens (tertiary/aromatic N) is 2. The smallest absolute Gasteiger partial charge is 0.246 e. The summed E-state index contributed by atoms with van der Waals surface area (Å²) in [7, 11) is -1.93. The Labute approximate surface area is 207 Å². The largest absolute Gasteiger partial charge is 0.342 e. The Hall–Kier alpha value is -2.50. The summed E-state index contributed by atoms with van der Waals surface area (Å²) in [6.07, 6.45) is 1.56. The molecule has 2 aliphatic rings. The van der Waals surface area contributed by atoms with Crippen molar-refractivity contribution in [3.8, 4) is 0 Å². The lowest BCUT2D eigenvalue weighted by molar-refractivity contribution is -0.141. The summed E-state index contributed by atoms with van der Waals surface area (Å²) < 4.78 is 26.4. The second kappa shape index (κ2) is 10.2. The maximum Gasteiger partial charge on any atom is 0.246 e. The second-order valence-electron chi connectivity index (χ2n) is 10.5. The van der Waals surface area contributed by atoms with Crippen molar-refractivity contribution in [2.45, 2.75) is 58.3 Å². The highest BCUT2D eigenvalue weighted by atomic mass is 32.2. The van der Waals surface area contributed by atoms with Gasteiger partial charge in [-0.15, -0.1) is 0 Å². The summed E-state index contributed by atoms with van der Waals surface area (Å²) in [4.78, 5) is 41.4. The fraction of sp³-hybridized carbons (Fsp3) is 0.625. The first-order chi connectivity index (χ1) is 16.3. The van der Waals surface area contributed by atoms with Crippen molar-refractivity contribution in [1.29, 1.82) is 0 Å². The van der Waals surface area contributed by atoms with Gasteiger partial charge in [0.25, 0.3) is 0 Å². The molecule has 10 nitrogen and oxygen atoms in total. The molecule has 0 spiro atoms. The van der Waals surface area contributed by atoms with Gasteiger partial charge >= 0.3 is 0 Å². The number of amides is 3. The average molecular weight is 508 g/mol. The molecule has 1 aromatic carbocycles. The zero-order valence-electron chi connectivity index (χ0n) is 21.2. The standard InChI is InChI=1S/C24H37N5O5S/c1-15(25-5)21(30)27-20(24(2,3)4)23(32)28-13-12-18-19(28)17(14-29(18)35(6,33)34)22(31)26-16-10-8-7-9-11-16/h7-11,15,17-20,25H,12-14H2,1-6H3,(H,26,31)(H,27,30). The van der Waals surface area contributed by atoms with Gasteiger partial charge in [0.2, 0.25) is 27.7 Å². The summed E-state index contributed by atoms with van der Waals surface area (Å²) in [5.41, 5.74) is -0.00141. The Morgan fingerprint density at radius 1 is 1.11 bits per heavy atom. The molecule has 194 valence electrons. The molecular weight excluding hydrogens is 470 g/mol. The SMILES string of the molecule is CNC(C)C(=O)NC(C(=O)N1CCC2C1C(C(=O)Nc1ccccc1)CN2S(C)(=O)=O)C(C)(C)C. The van der Waals surface area contributed by atoms with Gasteiger partial charge in [0.15, 0.2) is 0 Å². The van der Waals surface area contributed by atoms with Crippen molar-refractivity contribution < 1.29 is 22.8 Å². The molecule has 3 rings (SSSR count). The third-order valence-corrected chi connectivity index (χ3v) is 8.16. The van der Waals surface area contributed by atoms with Crippen molar-refractivity contribution in [2.24, 2.45) is 11.3 Å². The van der Waals surface area contributed by atoms with Crippen LogP contribution in [0.4, 0.5) is 5.69 Å². The van der Waals surface area contributed by atoms with Gasteiger partial charge in [-0.25, -0.2) is 8.42 Å². The molecule has 3 N–H and O–H groups in total. The summed E-state index contributed by atoms with van der Waals surface area (Å²) in [6, 6.07) is 6.49. The monoisotopic (exact) mass is 507 g/mol. The quantitative estimate of drug-likeness (QED) is 0.497. The van der Waals surface area contributed by atoms with E-state index in [1.54, 1.807) is 43.1 Å². The van der Waals surface area contributed by atoms with Crippen LogP contribution in [0, 0.1) is 11.3 Å². The van der Waals surface area contributed by atoms with Gasteiger partial charge in [-0.2, -0.15) is 4.31 Å². The number of carbonyl (C=O) groups excluding carboxylic acids is 3. The molecule has 0 saturated carbocycles. The zero-order valence-corrected chi connectivity index (χ0v) is 22.1. The number of hydrogen-bond donors (Lipinski definition) is 3. The van der Waals surface area contributed by atoms with Crippen LogP contribution in [-0.4, -0.2) is 85.9 Å². The molecule has 2 saturated heterocycles. The highest BCUT2D eigenvalue weighted by molar-refractivity contribution is 7.88. The lowest BCUT2D eigenvalue weighted by Crippen LogP contribution is -2.59. The van der Waals surface area contributed by atoms with E-state index >= 15 is 0 Å². The molecule has 2 fully saturated rings. The number of para-hydroxylation sites is 1. The third-order valence-electron chi connectivity index (χ3n) is 6.89. The number of hydrogen-bond acceptors (Lipinski definition) is 6. The molecule has 0 aliphatic carbocycles. The fourth-order valence-corrected chi connectivity index (χ4v) is 6.04. The molecule has 0 bridgehead atoms. The topological polar surface area (TPSA) is 128 Å². The minimum Gasteiger partial charge on any atom is -0.342 e. The van der Waals surface area contributed by atoms with Crippen molar-refractivity contribution in [1.82, 2.24) is 19.8 Å². The van der Waals surface area contributed by atoms with E-state index < -0.39 is 45.5 Å². The number of likely N-dealkylation sites (N-methyl/N-ethyl adjacent to an activating group) is 1. The highest BCUT2D eigenvalue weighted by Crippen LogP contribution is 2.39. The molecular formula is C24H37N5O5S. The number of benzene rings is 1. The predicted molar refractivity (Wildman–Crippen MR) is 134 cm³/mol. The van der Waals surface area contributed by atoms with E-state index in [9.17, 15) is 22.8 Å². The van der Waals surface area contributed by atoms with Gasteiger partial charge in [0.05, 0.1) is 24.3 Å². The van der Waals surface area contributed by atoms with Crippen LogP contribution in [0.2, 0.25) is 0 Å². The van der Waals surface area contributed by atoms with Crippen LogP contribution in [-0.2, 0) is 24.4 Å². The van der Waals surface area contributed by atoms with Gasteiger partial charge in [0, 0.05) is 24.8 Å². The van der Waals surface area contributed by atoms with Crippen LogP contribution in [0.15, 0.2) is 30.3 Å². The van der Waals surface area contributed by atoms with Crippen LogP contribution >= 0.6 is 0 Å². The average Bonchev–Trinajstić information content (AvgIpc) is 3.36. The Bertz CT molecular complexity index is 1060. The Kier molecular flexibility index (Phi) is 7.93. The number of sulfonamides is 1. The Morgan fingerprint density at radius 3 is 2.29 bits per heavy atom. The molecule has 1 aromatic rings. The summed E-state index contributed by atoms with van der Waals surface area (Å²) >= 11 is 0. The number of likely N-dealkylation sites (tertiary alicyclic amines) is 1. The molecule has 5 unspecified atom stereocenters. The first-order valence-electron chi connectivity index (χ1n) is 11.9. The molecule has 2 aliphatic heterocycles. The van der Waals surface area contributed by atoms with Crippen molar-refractivity contribution in [3.05, 3.63) is 30.3 Å². The van der Waals surface area contributed by atoms with Crippen LogP contribution in [0.5, 0.6) is 0 Å². The number of carbonyl (C=O) groups is 3. The number of rotatable bonds is 7. The zero-order chi connectivity index (χ0) is 26.1. The van der Waals surface area contributed by atoms with Crippen LogP contribution in [0.25, 0.3) is 0 Å².